The van der Waals surface area contributed by atoms with Gasteiger partial charge in [-0.25, -0.2) is 8.78 Å². The number of hydrogen-bond donors (Lipinski definition) is 2. The van der Waals surface area contributed by atoms with E-state index in [4.69, 9.17) is 5.73 Å². The minimum absolute atomic E-state index is 0.0154. The number of rotatable bonds is 4. The van der Waals surface area contributed by atoms with E-state index in [2.05, 4.69) is 5.32 Å². The van der Waals surface area contributed by atoms with Crippen molar-refractivity contribution in [2.75, 3.05) is 0 Å². The van der Waals surface area contributed by atoms with Gasteiger partial charge in [0.2, 0.25) is 5.91 Å². The second-order valence-corrected chi connectivity index (χ2v) is 5.61. The summed E-state index contributed by atoms with van der Waals surface area (Å²) in [6.45, 7) is -0.0154. The summed E-state index contributed by atoms with van der Waals surface area (Å²) in [6, 6.07) is 3.20. The molecule has 0 unspecified atom stereocenters. The molecule has 0 atom stereocenters. The van der Waals surface area contributed by atoms with Gasteiger partial charge >= 0.3 is 0 Å². The highest BCUT2D eigenvalue weighted by Crippen LogP contribution is 2.28. The molecule has 0 heterocycles. The molecule has 3 nitrogen and oxygen atoms in total. The van der Waals surface area contributed by atoms with E-state index in [0.29, 0.717) is 0 Å². The van der Waals surface area contributed by atoms with Gasteiger partial charge in [-0.2, -0.15) is 0 Å². The van der Waals surface area contributed by atoms with Gasteiger partial charge in [-0.1, -0.05) is 19.3 Å². The van der Waals surface area contributed by atoms with Crippen molar-refractivity contribution in [2.24, 2.45) is 5.73 Å². The number of nitrogens with one attached hydrogen (secondary N) is 1. The Balaban J connectivity index is 1.87. The van der Waals surface area contributed by atoms with Crippen molar-refractivity contribution in [2.45, 2.75) is 50.6 Å². The largest absolute Gasteiger partial charge is 0.352 e. The molecule has 1 saturated carbocycles. The Morgan fingerprint density at radius 3 is 2.65 bits per heavy atom. The molecule has 0 aromatic heterocycles. The van der Waals surface area contributed by atoms with E-state index in [-0.39, 0.29) is 24.4 Å². The molecule has 110 valence electrons. The summed E-state index contributed by atoms with van der Waals surface area (Å²) in [4.78, 5) is 11.9. The van der Waals surface area contributed by atoms with Crippen LogP contribution in [0.1, 0.15) is 44.1 Å². The maximum absolute atomic E-state index is 13.4. The van der Waals surface area contributed by atoms with Gasteiger partial charge in [-0.3, -0.25) is 4.79 Å². The highest BCUT2D eigenvalue weighted by atomic mass is 19.1. The third-order valence-corrected chi connectivity index (χ3v) is 3.85. The first kappa shape index (κ1) is 14.9. The SMILES string of the molecule is NC1(CC(=O)NCc2cc(F)ccc2F)CCCCC1. The van der Waals surface area contributed by atoms with Crippen LogP contribution in [-0.4, -0.2) is 11.4 Å². The lowest BCUT2D eigenvalue weighted by Crippen LogP contribution is -2.45. The summed E-state index contributed by atoms with van der Waals surface area (Å²) in [7, 11) is 0. The molecule has 0 aliphatic heterocycles. The fraction of sp³-hybridized carbons (Fsp3) is 0.533. The van der Waals surface area contributed by atoms with Crippen LogP contribution in [0.5, 0.6) is 0 Å². The summed E-state index contributed by atoms with van der Waals surface area (Å²) < 4.78 is 26.4. The second kappa shape index (κ2) is 6.31. The lowest BCUT2D eigenvalue weighted by molar-refractivity contribution is -0.122. The van der Waals surface area contributed by atoms with Crippen LogP contribution in [0.2, 0.25) is 0 Å². The number of carbonyl (C=O) groups excluding carboxylic acids is 1. The predicted octanol–water partition coefficient (Wildman–Crippen LogP) is 2.63. The lowest BCUT2D eigenvalue weighted by atomic mass is 9.80. The molecular formula is C15H20F2N2O. The fourth-order valence-electron chi connectivity index (χ4n) is 2.69. The van der Waals surface area contributed by atoms with Crippen molar-refractivity contribution in [1.29, 1.82) is 0 Å². The van der Waals surface area contributed by atoms with Gasteiger partial charge in [0.05, 0.1) is 0 Å². The first-order chi connectivity index (χ1) is 9.48. The van der Waals surface area contributed by atoms with E-state index >= 15 is 0 Å². The molecule has 0 bridgehead atoms. The van der Waals surface area contributed by atoms with E-state index in [1.165, 1.54) is 0 Å². The van der Waals surface area contributed by atoms with Gasteiger partial charge in [0.1, 0.15) is 11.6 Å². The number of nitrogens with two attached hydrogens (primary N) is 1. The Labute approximate surface area is 117 Å². The van der Waals surface area contributed by atoms with Crippen molar-refractivity contribution in [3.63, 3.8) is 0 Å². The smallest absolute Gasteiger partial charge is 0.222 e. The molecule has 0 radical (unpaired) electrons. The molecule has 3 N–H and O–H groups in total. The van der Waals surface area contributed by atoms with Crippen LogP contribution in [-0.2, 0) is 11.3 Å². The zero-order chi connectivity index (χ0) is 14.6. The van der Waals surface area contributed by atoms with E-state index < -0.39 is 17.2 Å². The molecule has 5 heteroatoms. The van der Waals surface area contributed by atoms with Gasteiger partial charge in [-0.05, 0) is 31.0 Å². The third kappa shape index (κ3) is 4.00. The van der Waals surface area contributed by atoms with Crippen LogP contribution in [0.25, 0.3) is 0 Å². The number of benzene rings is 1. The monoisotopic (exact) mass is 282 g/mol. The topological polar surface area (TPSA) is 55.1 Å². The lowest BCUT2D eigenvalue weighted by Gasteiger charge is -2.32. The molecule has 2 rings (SSSR count). The minimum atomic E-state index is -0.521. The van der Waals surface area contributed by atoms with Crippen molar-refractivity contribution >= 4 is 5.91 Å². The van der Waals surface area contributed by atoms with Crippen LogP contribution in [0.3, 0.4) is 0 Å². The maximum Gasteiger partial charge on any atom is 0.222 e. The average molecular weight is 282 g/mol. The molecule has 0 saturated heterocycles. The molecule has 1 fully saturated rings. The van der Waals surface area contributed by atoms with Crippen LogP contribution >= 0.6 is 0 Å². The molecular weight excluding hydrogens is 262 g/mol. The number of carbonyl (C=O) groups is 1. The molecule has 1 aliphatic carbocycles. The molecule has 20 heavy (non-hydrogen) atoms. The van der Waals surface area contributed by atoms with E-state index in [1.54, 1.807) is 0 Å². The van der Waals surface area contributed by atoms with Crippen LogP contribution < -0.4 is 11.1 Å². The van der Waals surface area contributed by atoms with Crippen molar-refractivity contribution in [1.82, 2.24) is 5.32 Å². The Kier molecular flexibility index (Phi) is 4.70. The van der Waals surface area contributed by atoms with Gasteiger partial charge in [-0.15, -0.1) is 0 Å². The van der Waals surface area contributed by atoms with Crippen molar-refractivity contribution < 1.29 is 13.6 Å². The average Bonchev–Trinajstić information content (AvgIpc) is 2.40. The zero-order valence-electron chi connectivity index (χ0n) is 11.4. The van der Waals surface area contributed by atoms with Crippen molar-refractivity contribution in [3.05, 3.63) is 35.4 Å². The number of hydrogen-bond acceptors (Lipinski definition) is 2. The van der Waals surface area contributed by atoms with Gasteiger partial charge in [0, 0.05) is 24.1 Å². The Hall–Kier alpha value is -1.49. The van der Waals surface area contributed by atoms with E-state index in [0.717, 1.165) is 50.3 Å². The predicted molar refractivity (Wildman–Crippen MR) is 72.8 cm³/mol. The quantitative estimate of drug-likeness (QED) is 0.892. The summed E-state index contributed by atoms with van der Waals surface area (Å²) in [6.07, 6.45) is 5.17. The maximum atomic E-state index is 13.4. The summed E-state index contributed by atoms with van der Waals surface area (Å²) in [5, 5.41) is 2.61. The van der Waals surface area contributed by atoms with Crippen molar-refractivity contribution in [3.8, 4) is 0 Å². The number of amides is 1. The summed E-state index contributed by atoms with van der Waals surface area (Å²) in [5.74, 6) is -1.25. The standard InChI is InChI=1S/C15H20F2N2O/c16-12-4-5-13(17)11(8-12)10-19-14(20)9-15(18)6-2-1-3-7-15/h4-5,8H,1-3,6-7,9-10,18H2,(H,19,20). The molecule has 1 aliphatic rings. The zero-order valence-corrected chi connectivity index (χ0v) is 11.4. The summed E-state index contributed by atoms with van der Waals surface area (Å²) >= 11 is 0. The highest BCUT2D eigenvalue weighted by molar-refractivity contribution is 5.77. The van der Waals surface area contributed by atoms with E-state index in [1.807, 2.05) is 0 Å². The second-order valence-electron chi connectivity index (χ2n) is 5.61. The Morgan fingerprint density at radius 1 is 1.25 bits per heavy atom. The molecule has 1 amide bonds. The first-order valence-corrected chi connectivity index (χ1v) is 6.98. The van der Waals surface area contributed by atoms with Gasteiger partial charge in [0.25, 0.3) is 0 Å². The van der Waals surface area contributed by atoms with Gasteiger partial charge in [0.15, 0.2) is 0 Å². The molecule has 1 aromatic rings. The minimum Gasteiger partial charge on any atom is -0.352 e. The Morgan fingerprint density at radius 2 is 1.95 bits per heavy atom. The number of halogens is 2. The molecule has 0 spiro atoms. The van der Waals surface area contributed by atoms with Crippen LogP contribution in [0.15, 0.2) is 18.2 Å². The summed E-state index contributed by atoms with van der Waals surface area (Å²) in [5.41, 5.74) is 5.89. The van der Waals surface area contributed by atoms with Crippen LogP contribution in [0.4, 0.5) is 8.78 Å². The first-order valence-electron chi connectivity index (χ1n) is 6.98. The van der Waals surface area contributed by atoms with Gasteiger partial charge < -0.3 is 11.1 Å². The fourth-order valence-corrected chi connectivity index (χ4v) is 2.69. The van der Waals surface area contributed by atoms with Crippen LogP contribution in [0, 0.1) is 11.6 Å². The normalized spacial score (nSPS) is 17.8. The highest BCUT2D eigenvalue weighted by Gasteiger charge is 2.29. The van der Waals surface area contributed by atoms with E-state index in [9.17, 15) is 13.6 Å². The molecule has 1 aromatic carbocycles. The Bertz CT molecular complexity index is 485. The third-order valence-electron chi connectivity index (χ3n) is 3.85.